The van der Waals surface area contributed by atoms with Crippen LogP contribution in [0.1, 0.15) is 49.4 Å². The third kappa shape index (κ3) is 5.93. The van der Waals surface area contributed by atoms with Gasteiger partial charge in [-0.2, -0.15) is 0 Å². The molecular formula is C22H33N3O4. The lowest BCUT2D eigenvalue weighted by Gasteiger charge is -2.38. The molecule has 0 saturated carbocycles. The zero-order valence-electron chi connectivity index (χ0n) is 17.5. The maximum atomic E-state index is 12.8. The summed E-state index contributed by atoms with van der Waals surface area (Å²) >= 11 is 0. The molecule has 1 atom stereocenters. The first kappa shape index (κ1) is 21.6. The molecule has 0 unspecified atom stereocenters. The fourth-order valence-electron chi connectivity index (χ4n) is 4.40. The van der Waals surface area contributed by atoms with E-state index in [-0.39, 0.29) is 17.9 Å². The number of hydrogen-bond acceptors (Lipinski definition) is 5. The van der Waals surface area contributed by atoms with Gasteiger partial charge in [0.2, 0.25) is 5.91 Å². The van der Waals surface area contributed by atoms with Gasteiger partial charge in [0, 0.05) is 51.3 Å². The summed E-state index contributed by atoms with van der Waals surface area (Å²) in [7, 11) is 1.61. The van der Waals surface area contributed by atoms with Crippen molar-refractivity contribution in [3.8, 4) is 5.75 Å². The number of hydrogen-bond donors (Lipinski definition) is 2. The predicted molar refractivity (Wildman–Crippen MR) is 111 cm³/mol. The van der Waals surface area contributed by atoms with E-state index in [1.165, 1.54) is 0 Å². The molecule has 29 heavy (non-hydrogen) atoms. The highest BCUT2D eigenvalue weighted by Crippen LogP contribution is 2.26. The van der Waals surface area contributed by atoms with Gasteiger partial charge < -0.3 is 25.0 Å². The van der Waals surface area contributed by atoms with Crippen LogP contribution in [0.15, 0.2) is 24.3 Å². The lowest BCUT2D eigenvalue weighted by molar-refractivity contribution is -0.120. The molecule has 0 aromatic heterocycles. The van der Waals surface area contributed by atoms with E-state index in [2.05, 4.69) is 10.2 Å². The van der Waals surface area contributed by atoms with Crippen LogP contribution in [0.3, 0.4) is 0 Å². The Morgan fingerprint density at radius 3 is 2.45 bits per heavy atom. The average molecular weight is 404 g/mol. The summed E-state index contributed by atoms with van der Waals surface area (Å²) in [4.78, 5) is 28.2. The number of likely N-dealkylation sites (tertiary alicyclic amines) is 2. The van der Waals surface area contributed by atoms with Crippen LogP contribution in [0.25, 0.3) is 0 Å². The molecule has 2 N–H and O–H groups in total. The van der Waals surface area contributed by atoms with Crippen LogP contribution in [-0.2, 0) is 4.79 Å². The minimum atomic E-state index is -0.768. The number of β-amino-alcohol motifs (C(OH)–C–C–N with tert-alkyl or cyclic N) is 1. The van der Waals surface area contributed by atoms with Gasteiger partial charge in [-0.25, -0.2) is 0 Å². The van der Waals surface area contributed by atoms with E-state index in [0.29, 0.717) is 38.0 Å². The Bertz CT molecular complexity index is 701. The van der Waals surface area contributed by atoms with Gasteiger partial charge in [-0.05, 0) is 56.4 Å². The van der Waals surface area contributed by atoms with E-state index in [4.69, 9.17) is 4.74 Å². The average Bonchev–Trinajstić information content (AvgIpc) is 2.90. The first-order chi connectivity index (χ1) is 13.9. The van der Waals surface area contributed by atoms with Crippen molar-refractivity contribution in [1.82, 2.24) is 15.1 Å². The van der Waals surface area contributed by atoms with Crippen LogP contribution in [0.5, 0.6) is 5.75 Å². The summed E-state index contributed by atoms with van der Waals surface area (Å²) in [6.07, 6.45) is 3.90. The van der Waals surface area contributed by atoms with Crippen LogP contribution >= 0.6 is 0 Å². The lowest BCUT2D eigenvalue weighted by atomic mass is 9.93. The number of piperidine rings is 1. The first-order valence-corrected chi connectivity index (χ1v) is 10.5. The van der Waals surface area contributed by atoms with E-state index in [9.17, 15) is 14.7 Å². The molecular weight excluding hydrogens is 370 g/mol. The third-order valence-electron chi connectivity index (χ3n) is 6.05. The summed E-state index contributed by atoms with van der Waals surface area (Å²) in [5.41, 5.74) is -0.119. The Labute approximate surface area is 173 Å². The smallest absolute Gasteiger partial charge is 0.253 e. The van der Waals surface area contributed by atoms with Crippen molar-refractivity contribution < 1.29 is 19.4 Å². The monoisotopic (exact) mass is 403 g/mol. The molecule has 2 fully saturated rings. The van der Waals surface area contributed by atoms with Crippen molar-refractivity contribution >= 4 is 11.8 Å². The van der Waals surface area contributed by atoms with Crippen molar-refractivity contribution in [2.45, 2.75) is 50.7 Å². The summed E-state index contributed by atoms with van der Waals surface area (Å²) in [5, 5.41) is 14.2. The molecule has 1 aromatic carbocycles. The Hall–Kier alpha value is -2.12. The summed E-state index contributed by atoms with van der Waals surface area (Å²) in [5.74, 6) is 0.759. The molecule has 0 aliphatic carbocycles. The second-order valence-corrected chi connectivity index (χ2v) is 8.35. The Morgan fingerprint density at radius 2 is 1.83 bits per heavy atom. The van der Waals surface area contributed by atoms with Crippen molar-refractivity contribution in [2.75, 3.05) is 39.8 Å². The van der Waals surface area contributed by atoms with Crippen LogP contribution in [-0.4, -0.2) is 78.2 Å². The van der Waals surface area contributed by atoms with Gasteiger partial charge in [0.15, 0.2) is 0 Å². The Balaban J connectivity index is 1.52. The topological polar surface area (TPSA) is 82.1 Å². The minimum Gasteiger partial charge on any atom is -0.497 e. The molecule has 2 aliphatic rings. The van der Waals surface area contributed by atoms with Gasteiger partial charge in [0.25, 0.3) is 5.91 Å². The highest BCUT2D eigenvalue weighted by Gasteiger charge is 2.34. The summed E-state index contributed by atoms with van der Waals surface area (Å²) in [6, 6.07) is 7.41. The normalized spacial score (nSPS) is 24.0. The molecule has 160 valence electrons. The molecule has 2 saturated heterocycles. The Kier molecular flexibility index (Phi) is 7.14. The number of nitrogens with one attached hydrogen (secondary N) is 1. The molecule has 7 heteroatoms. The number of carbonyl (C=O) groups excluding carboxylic acids is 2. The fraction of sp³-hybridized carbons (Fsp3) is 0.636. The minimum absolute atomic E-state index is 0.00743. The maximum Gasteiger partial charge on any atom is 0.253 e. The third-order valence-corrected chi connectivity index (χ3v) is 6.05. The van der Waals surface area contributed by atoms with E-state index in [1.807, 2.05) is 4.90 Å². The lowest BCUT2D eigenvalue weighted by Crippen LogP contribution is -2.50. The van der Waals surface area contributed by atoms with Crippen LogP contribution < -0.4 is 10.1 Å². The van der Waals surface area contributed by atoms with Gasteiger partial charge in [0.05, 0.1) is 12.7 Å². The van der Waals surface area contributed by atoms with E-state index >= 15 is 0 Å². The second kappa shape index (κ2) is 9.59. The van der Waals surface area contributed by atoms with E-state index < -0.39 is 5.60 Å². The molecule has 0 bridgehead atoms. The zero-order chi connectivity index (χ0) is 20.9. The predicted octanol–water partition coefficient (Wildman–Crippen LogP) is 1.65. The standard InChI is InChI=1S/C22H33N3O4/c1-17(26)23-19-8-13-24(14-9-19)16-22(28)10-3-12-25(15-11-22)21(27)18-4-6-20(29-2)7-5-18/h4-7,19,28H,3,8-16H2,1-2H3,(H,23,26)/t22-/m0/s1. The number of carbonyl (C=O) groups is 2. The molecule has 3 rings (SSSR count). The largest absolute Gasteiger partial charge is 0.497 e. The fourth-order valence-corrected chi connectivity index (χ4v) is 4.40. The highest BCUT2D eigenvalue weighted by atomic mass is 16.5. The molecule has 7 nitrogen and oxygen atoms in total. The molecule has 0 spiro atoms. The van der Waals surface area contributed by atoms with E-state index in [1.54, 1.807) is 38.3 Å². The molecule has 2 heterocycles. The molecule has 2 amide bonds. The van der Waals surface area contributed by atoms with Crippen molar-refractivity contribution in [2.24, 2.45) is 0 Å². The van der Waals surface area contributed by atoms with Gasteiger partial charge in [0.1, 0.15) is 5.75 Å². The maximum absolute atomic E-state index is 12.8. The van der Waals surface area contributed by atoms with Gasteiger partial charge >= 0.3 is 0 Å². The number of rotatable bonds is 5. The van der Waals surface area contributed by atoms with Crippen molar-refractivity contribution in [3.63, 3.8) is 0 Å². The van der Waals surface area contributed by atoms with E-state index in [0.717, 1.165) is 38.1 Å². The molecule has 1 aromatic rings. The van der Waals surface area contributed by atoms with Crippen LogP contribution in [0.2, 0.25) is 0 Å². The zero-order valence-corrected chi connectivity index (χ0v) is 17.5. The summed E-state index contributed by atoms with van der Waals surface area (Å²) in [6.45, 7) is 5.16. The number of amides is 2. The highest BCUT2D eigenvalue weighted by molar-refractivity contribution is 5.94. The molecule has 2 aliphatic heterocycles. The van der Waals surface area contributed by atoms with Crippen molar-refractivity contribution in [1.29, 1.82) is 0 Å². The quantitative estimate of drug-likeness (QED) is 0.781. The van der Waals surface area contributed by atoms with Gasteiger partial charge in [-0.1, -0.05) is 0 Å². The van der Waals surface area contributed by atoms with Crippen LogP contribution in [0.4, 0.5) is 0 Å². The van der Waals surface area contributed by atoms with Gasteiger partial charge in [-0.15, -0.1) is 0 Å². The molecule has 0 radical (unpaired) electrons. The SMILES string of the molecule is COc1ccc(C(=O)N2CCC[C@@](O)(CN3CCC(NC(C)=O)CC3)CC2)cc1. The van der Waals surface area contributed by atoms with Crippen molar-refractivity contribution in [3.05, 3.63) is 29.8 Å². The number of nitrogens with zero attached hydrogens (tertiary/aromatic N) is 2. The number of benzene rings is 1. The number of aliphatic hydroxyl groups is 1. The number of methoxy groups -OCH3 is 1. The number of ether oxygens (including phenoxy) is 1. The first-order valence-electron chi connectivity index (χ1n) is 10.5. The van der Waals surface area contributed by atoms with Crippen LogP contribution in [0, 0.1) is 0 Å². The second-order valence-electron chi connectivity index (χ2n) is 8.35. The Morgan fingerprint density at radius 1 is 1.14 bits per heavy atom. The summed E-state index contributed by atoms with van der Waals surface area (Å²) < 4.78 is 5.16. The van der Waals surface area contributed by atoms with Gasteiger partial charge in [-0.3, -0.25) is 9.59 Å².